The van der Waals surface area contributed by atoms with Crippen molar-refractivity contribution in [2.24, 2.45) is 5.10 Å². The fourth-order valence-electron chi connectivity index (χ4n) is 4.16. The van der Waals surface area contributed by atoms with Crippen LogP contribution in [0.2, 0.25) is 0 Å². The van der Waals surface area contributed by atoms with E-state index in [1.807, 2.05) is 0 Å². The minimum Gasteiger partial charge on any atom is -0.508 e. The van der Waals surface area contributed by atoms with Crippen LogP contribution in [0.5, 0.6) is 17.2 Å². The largest absolute Gasteiger partial charge is 0.508 e. The average molecular weight is 486 g/mol. The molecule has 182 valence electrons. The summed E-state index contributed by atoms with van der Waals surface area (Å²) >= 11 is 0. The Kier molecular flexibility index (Phi) is 5.62. The highest BCUT2D eigenvalue weighted by Gasteiger charge is 2.37. The van der Waals surface area contributed by atoms with Crippen LogP contribution in [0.1, 0.15) is 35.0 Å². The third-order valence-corrected chi connectivity index (χ3v) is 5.89. The Morgan fingerprint density at radius 1 is 1.11 bits per heavy atom. The molecule has 0 bridgehead atoms. The summed E-state index contributed by atoms with van der Waals surface area (Å²) in [6.45, 7) is 1.87. The molecule has 0 radical (unpaired) electrons. The Labute approximate surface area is 198 Å². The van der Waals surface area contributed by atoms with Gasteiger partial charge in [-0.15, -0.1) is 0 Å². The number of hydrazone groups is 1. The lowest BCUT2D eigenvalue weighted by Gasteiger charge is -2.23. The van der Waals surface area contributed by atoms with Crippen molar-refractivity contribution in [2.75, 3.05) is 13.2 Å². The van der Waals surface area contributed by atoms with Crippen LogP contribution in [0, 0.1) is 6.92 Å². The number of aryl methyl sites for hydroxylation is 1. The van der Waals surface area contributed by atoms with E-state index in [1.54, 1.807) is 36.4 Å². The van der Waals surface area contributed by atoms with Gasteiger partial charge in [0.15, 0.2) is 17.2 Å². The van der Waals surface area contributed by atoms with Gasteiger partial charge in [0, 0.05) is 23.2 Å². The summed E-state index contributed by atoms with van der Waals surface area (Å²) in [5, 5.41) is 19.7. The number of hydrogen-bond acceptors (Lipinski definition) is 6. The van der Waals surface area contributed by atoms with Crippen molar-refractivity contribution >= 4 is 11.6 Å². The monoisotopic (exact) mass is 486 g/mol. The number of carbonyl (C=O) groups excluding carboxylic acids is 1. The Morgan fingerprint density at radius 3 is 2.57 bits per heavy atom. The van der Waals surface area contributed by atoms with Gasteiger partial charge < -0.3 is 14.6 Å². The molecule has 1 aromatic heterocycles. The summed E-state index contributed by atoms with van der Waals surface area (Å²) in [5.41, 5.74) is 0.878. The van der Waals surface area contributed by atoms with Gasteiger partial charge in [-0.1, -0.05) is 18.2 Å². The maximum atomic E-state index is 13.3. The van der Waals surface area contributed by atoms with E-state index in [1.165, 1.54) is 18.0 Å². The number of ether oxygens (including phenoxy) is 2. The molecule has 0 fully saturated rings. The lowest BCUT2D eigenvalue weighted by Crippen LogP contribution is -2.31. The summed E-state index contributed by atoms with van der Waals surface area (Å²) in [7, 11) is 0. The van der Waals surface area contributed by atoms with Gasteiger partial charge in [0.25, 0.3) is 5.91 Å². The normalized spacial score (nSPS) is 17.4. The number of aromatic hydroxyl groups is 1. The van der Waals surface area contributed by atoms with Crippen LogP contribution < -0.4 is 9.47 Å². The molecule has 0 aliphatic carbocycles. The Bertz CT molecular complexity index is 1320. The van der Waals surface area contributed by atoms with Crippen molar-refractivity contribution in [1.29, 1.82) is 0 Å². The van der Waals surface area contributed by atoms with Crippen LogP contribution in [0.25, 0.3) is 0 Å². The number of rotatable bonds is 4. The molecule has 3 aromatic rings. The van der Waals surface area contributed by atoms with Crippen molar-refractivity contribution in [1.82, 2.24) is 14.8 Å². The van der Waals surface area contributed by atoms with Crippen LogP contribution in [0.4, 0.5) is 13.2 Å². The van der Waals surface area contributed by atoms with E-state index in [0.29, 0.717) is 41.6 Å². The number of halogens is 3. The van der Waals surface area contributed by atoms with Crippen molar-refractivity contribution in [3.05, 3.63) is 71.0 Å². The van der Waals surface area contributed by atoms with Gasteiger partial charge in [-0.2, -0.15) is 23.4 Å². The Morgan fingerprint density at radius 2 is 1.86 bits per heavy atom. The van der Waals surface area contributed by atoms with E-state index in [-0.39, 0.29) is 17.9 Å². The third-order valence-electron chi connectivity index (χ3n) is 5.89. The average Bonchev–Trinajstić information content (AvgIpc) is 3.43. The van der Waals surface area contributed by atoms with Gasteiger partial charge in [-0.3, -0.25) is 9.48 Å². The van der Waals surface area contributed by atoms with Gasteiger partial charge in [0.2, 0.25) is 0 Å². The number of hydrogen-bond donors (Lipinski definition) is 1. The first kappa shape index (κ1) is 22.8. The number of carbonyl (C=O) groups is 1. The van der Waals surface area contributed by atoms with E-state index in [2.05, 4.69) is 10.2 Å². The van der Waals surface area contributed by atoms with E-state index in [0.717, 1.165) is 10.7 Å². The highest BCUT2D eigenvalue weighted by Crippen LogP contribution is 2.39. The Hall–Kier alpha value is -4.02. The van der Waals surface area contributed by atoms with Crippen molar-refractivity contribution < 1.29 is 32.5 Å². The summed E-state index contributed by atoms with van der Waals surface area (Å²) in [6.07, 6.45) is -4.33. The highest BCUT2D eigenvalue weighted by molar-refractivity contribution is 6.03. The topological polar surface area (TPSA) is 89.2 Å². The molecule has 11 heteroatoms. The first-order valence-corrected chi connectivity index (χ1v) is 10.9. The van der Waals surface area contributed by atoms with Gasteiger partial charge in [0.1, 0.15) is 25.5 Å². The zero-order valence-corrected chi connectivity index (χ0v) is 18.6. The third kappa shape index (κ3) is 4.41. The molecule has 0 unspecified atom stereocenters. The van der Waals surface area contributed by atoms with Crippen molar-refractivity contribution in [2.45, 2.75) is 32.1 Å². The van der Waals surface area contributed by atoms with E-state index in [9.17, 15) is 23.1 Å². The molecule has 5 rings (SSSR count). The molecular weight excluding hydrogens is 465 g/mol. The molecule has 1 atom stereocenters. The number of nitrogens with zero attached hydrogens (tertiary/aromatic N) is 4. The molecule has 2 aromatic carbocycles. The first-order valence-electron chi connectivity index (χ1n) is 10.9. The SMILES string of the molecule is Cc1cc(C(F)(F)F)nn1CC(=O)N1N=C(c2ccc3c(c2)OCCO3)C[C@@H]1c1ccccc1O. The standard InChI is InChI=1S/C24H21F3N4O4/c1-14-10-22(24(25,26)27)29-30(14)13-23(33)31-18(16-4-2-3-5-19(16)32)12-17(28-31)15-6-7-20-21(11-15)35-9-8-34-20/h2-7,10-11,18,32H,8-9,12-13H2,1H3/t18-/m1/s1. The zero-order valence-electron chi connectivity index (χ0n) is 18.6. The fourth-order valence-corrected chi connectivity index (χ4v) is 4.16. The van der Waals surface area contributed by atoms with Gasteiger partial charge in [-0.05, 0) is 37.3 Å². The molecule has 8 nitrogen and oxygen atoms in total. The number of para-hydroxylation sites is 1. The summed E-state index contributed by atoms with van der Waals surface area (Å²) in [6, 6.07) is 12.2. The molecule has 0 spiro atoms. The van der Waals surface area contributed by atoms with Crippen LogP contribution in [-0.4, -0.2) is 44.7 Å². The van der Waals surface area contributed by atoms with Crippen LogP contribution >= 0.6 is 0 Å². The predicted molar refractivity (Wildman–Crippen MR) is 118 cm³/mol. The zero-order chi connectivity index (χ0) is 24.7. The minimum atomic E-state index is -4.62. The number of alkyl halides is 3. The van der Waals surface area contributed by atoms with E-state index >= 15 is 0 Å². The quantitative estimate of drug-likeness (QED) is 0.601. The molecule has 0 saturated heterocycles. The molecule has 3 heterocycles. The van der Waals surface area contributed by atoms with E-state index in [4.69, 9.17) is 9.47 Å². The van der Waals surface area contributed by atoms with Crippen molar-refractivity contribution in [3.8, 4) is 17.2 Å². The van der Waals surface area contributed by atoms with Crippen LogP contribution in [0.3, 0.4) is 0 Å². The summed E-state index contributed by atoms with van der Waals surface area (Å²) in [4.78, 5) is 13.3. The molecule has 1 N–H and O–H groups in total. The number of phenols is 1. The number of benzene rings is 2. The summed E-state index contributed by atoms with van der Waals surface area (Å²) < 4.78 is 51.4. The van der Waals surface area contributed by atoms with Gasteiger partial charge in [-0.25, -0.2) is 5.01 Å². The van der Waals surface area contributed by atoms with Crippen molar-refractivity contribution in [3.63, 3.8) is 0 Å². The first-order chi connectivity index (χ1) is 16.7. The Balaban J connectivity index is 1.48. The lowest BCUT2D eigenvalue weighted by atomic mass is 9.97. The number of aromatic nitrogens is 2. The second-order valence-corrected chi connectivity index (χ2v) is 8.25. The smallest absolute Gasteiger partial charge is 0.435 e. The maximum absolute atomic E-state index is 13.3. The molecule has 2 aliphatic heterocycles. The molecule has 1 amide bonds. The number of phenolic OH excluding ortho intramolecular Hbond substituents is 1. The summed E-state index contributed by atoms with van der Waals surface area (Å²) in [5.74, 6) is 0.597. The molecular formula is C24H21F3N4O4. The second-order valence-electron chi connectivity index (χ2n) is 8.25. The molecule has 0 saturated carbocycles. The number of amides is 1. The minimum absolute atomic E-state index is 0.0106. The van der Waals surface area contributed by atoms with Gasteiger partial charge in [0.05, 0.1) is 11.8 Å². The lowest BCUT2D eigenvalue weighted by molar-refractivity contribution is -0.142. The molecule has 2 aliphatic rings. The van der Waals surface area contributed by atoms with Crippen LogP contribution in [-0.2, 0) is 17.5 Å². The maximum Gasteiger partial charge on any atom is 0.435 e. The second kappa shape index (κ2) is 8.64. The fraction of sp³-hybridized carbons (Fsp3) is 0.292. The van der Waals surface area contributed by atoms with Crippen LogP contribution in [0.15, 0.2) is 53.6 Å². The molecule has 35 heavy (non-hydrogen) atoms. The highest BCUT2D eigenvalue weighted by atomic mass is 19.4. The number of fused-ring (bicyclic) bond motifs is 1. The predicted octanol–water partition coefficient (Wildman–Crippen LogP) is 4.07. The van der Waals surface area contributed by atoms with Gasteiger partial charge >= 0.3 is 6.18 Å². The van der Waals surface area contributed by atoms with E-state index < -0.39 is 30.4 Å².